The van der Waals surface area contributed by atoms with Gasteiger partial charge in [-0.05, 0) is 50.6 Å². The van der Waals surface area contributed by atoms with E-state index in [-0.39, 0.29) is 18.0 Å². The number of carbonyl (C=O) groups is 2. The van der Waals surface area contributed by atoms with Crippen molar-refractivity contribution in [3.63, 3.8) is 0 Å². The van der Waals surface area contributed by atoms with Crippen LogP contribution in [0.2, 0.25) is 0 Å². The molecule has 27 heavy (non-hydrogen) atoms. The fourth-order valence-corrected chi connectivity index (χ4v) is 3.19. The minimum absolute atomic E-state index is 0.257. The number of hydrogen-bond donors (Lipinski definition) is 2. The number of anilines is 1. The standard InChI is InChI=1S/C20H22BrN3O3/c1-4-18-22-17-10-7-14(21)11-16(17)20(26)24(18)23-19(25)13(3)27-15-8-5-12(2)6-9-15/h5-11,13,18,22H,4H2,1-3H3,(H,23,25). The predicted molar refractivity (Wildman–Crippen MR) is 107 cm³/mol. The smallest absolute Gasteiger partial charge is 0.279 e. The molecular formula is C20H22BrN3O3. The Labute approximate surface area is 167 Å². The summed E-state index contributed by atoms with van der Waals surface area (Å²) in [6, 6.07) is 12.9. The lowest BCUT2D eigenvalue weighted by molar-refractivity contribution is -0.132. The molecular weight excluding hydrogens is 410 g/mol. The Morgan fingerprint density at radius 2 is 2.00 bits per heavy atom. The maximum Gasteiger partial charge on any atom is 0.279 e. The van der Waals surface area contributed by atoms with Gasteiger partial charge in [0.25, 0.3) is 11.8 Å². The quantitative estimate of drug-likeness (QED) is 0.753. The van der Waals surface area contributed by atoms with E-state index in [1.807, 2.05) is 50.2 Å². The number of hydrogen-bond acceptors (Lipinski definition) is 4. The van der Waals surface area contributed by atoms with Gasteiger partial charge in [-0.3, -0.25) is 15.0 Å². The normalized spacial score (nSPS) is 17.0. The molecule has 0 aliphatic carbocycles. The van der Waals surface area contributed by atoms with Crippen LogP contribution in [0.4, 0.5) is 5.69 Å². The first-order chi connectivity index (χ1) is 12.9. The molecule has 1 aliphatic rings. The van der Waals surface area contributed by atoms with E-state index in [2.05, 4.69) is 26.7 Å². The van der Waals surface area contributed by atoms with Crippen LogP contribution in [-0.2, 0) is 4.79 Å². The molecule has 0 aromatic heterocycles. The van der Waals surface area contributed by atoms with Gasteiger partial charge in [0.1, 0.15) is 11.9 Å². The molecule has 142 valence electrons. The predicted octanol–water partition coefficient (Wildman–Crippen LogP) is 3.86. The lowest BCUT2D eigenvalue weighted by atomic mass is 10.1. The van der Waals surface area contributed by atoms with Crippen molar-refractivity contribution < 1.29 is 14.3 Å². The summed E-state index contributed by atoms with van der Waals surface area (Å²) in [6.45, 7) is 5.58. The Morgan fingerprint density at radius 1 is 1.30 bits per heavy atom. The van der Waals surface area contributed by atoms with Crippen molar-refractivity contribution in [1.29, 1.82) is 0 Å². The van der Waals surface area contributed by atoms with Crippen LogP contribution in [0.3, 0.4) is 0 Å². The van der Waals surface area contributed by atoms with Gasteiger partial charge < -0.3 is 10.1 Å². The summed E-state index contributed by atoms with van der Waals surface area (Å²) in [5.41, 5.74) is 5.07. The second-order valence-corrected chi connectivity index (χ2v) is 7.40. The van der Waals surface area contributed by atoms with Crippen LogP contribution in [0, 0.1) is 6.92 Å². The van der Waals surface area contributed by atoms with Crippen LogP contribution < -0.4 is 15.5 Å². The van der Waals surface area contributed by atoms with Gasteiger partial charge in [-0.1, -0.05) is 40.5 Å². The van der Waals surface area contributed by atoms with Crippen molar-refractivity contribution >= 4 is 33.4 Å². The Bertz CT molecular complexity index is 854. The molecule has 0 spiro atoms. The zero-order valence-corrected chi connectivity index (χ0v) is 17.0. The highest BCUT2D eigenvalue weighted by Gasteiger charge is 2.33. The molecule has 0 fully saturated rings. The third-order valence-corrected chi connectivity index (χ3v) is 4.88. The number of nitrogens with one attached hydrogen (secondary N) is 2. The molecule has 2 N–H and O–H groups in total. The number of aryl methyl sites for hydroxylation is 1. The fourth-order valence-electron chi connectivity index (χ4n) is 2.83. The molecule has 2 aromatic carbocycles. The number of fused-ring (bicyclic) bond motifs is 1. The summed E-state index contributed by atoms with van der Waals surface area (Å²) < 4.78 is 6.49. The zero-order chi connectivity index (χ0) is 19.6. The zero-order valence-electron chi connectivity index (χ0n) is 15.5. The molecule has 2 amide bonds. The molecule has 0 saturated carbocycles. The van der Waals surface area contributed by atoms with Crippen LogP contribution in [-0.4, -0.2) is 29.1 Å². The van der Waals surface area contributed by atoms with Crippen LogP contribution >= 0.6 is 15.9 Å². The topological polar surface area (TPSA) is 70.7 Å². The van der Waals surface area contributed by atoms with E-state index in [1.165, 1.54) is 5.01 Å². The summed E-state index contributed by atoms with van der Waals surface area (Å²) in [5.74, 6) is -0.0388. The number of rotatable bonds is 5. The molecule has 1 aliphatic heterocycles. The Hall–Kier alpha value is -2.54. The van der Waals surface area contributed by atoms with E-state index < -0.39 is 6.10 Å². The van der Waals surface area contributed by atoms with Gasteiger partial charge >= 0.3 is 0 Å². The minimum Gasteiger partial charge on any atom is -0.481 e. The van der Waals surface area contributed by atoms with Gasteiger partial charge in [-0.2, -0.15) is 0 Å². The van der Waals surface area contributed by atoms with E-state index in [0.29, 0.717) is 17.7 Å². The van der Waals surface area contributed by atoms with Gasteiger partial charge in [-0.25, -0.2) is 5.01 Å². The summed E-state index contributed by atoms with van der Waals surface area (Å²) in [6.07, 6.45) is -0.446. The number of halogens is 1. The van der Waals surface area contributed by atoms with Crippen molar-refractivity contribution in [2.24, 2.45) is 0 Å². The third kappa shape index (κ3) is 4.24. The number of carbonyl (C=O) groups excluding carboxylic acids is 2. The molecule has 1 heterocycles. The largest absolute Gasteiger partial charge is 0.481 e. The van der Waals surface area contributed by atoms with Crippen LogP contribution in [0.5, 0.6) is 5.75 Å². The number of amides is 2. The fraction of sp³-hybridized carbons (Fsp3) is 0.300. The second kappa shape index (κ2) is 8.00. The van der Waals surface area contributed by atoms with Crippen LogP contribution in [0.1, 0.15) is 36.2 Å². The molecule has 2 unspecified atom stereocenters. The third-order valence-electron chi connectivity index (χ3n) is 4.39. The number of nitrogens with zero attached hydrogens (tertiary/aromatic N) is 1. The number of benzene rings is 2. The Morgan fingerprint density at radius 3 is 2.67 bits per heavy atom. The molecule has 0 radical (unpaired) electrons. The highest BCUT2D eigenvalue weighted by Crippen LogP contribution is 2.28. The highest BCUT2D eigenvalue weighted by molar-refractivity contribution is 9.10. The first-order valence-electron chi connectivity index (χ1n) is 8.82. The lowest BCUT2D eigenvalue weighted by Crippen LogP contribution is -2.59. The van der Waals surface area contributed by atoms with Crippen molar-refractivity contribution in [1.82, 2.24) is 10.4 Å². The molecule has 6 nitrogen and oxygen atoms in total. The van der Waals surface area contributed by atoms with Crippen molar-refractivity contribution in [2.75, 3.05) is 5.32 Å². The lowest BCUT2D eigenvalue weighted by Gasteiger charge is -2.37. The molecule has 0 bridgehead atoms. The average Bonchev–Trinajstić information content (AvgIpc) is 2.66. The SMILES string of the molecule is CCC1Nc2ccc(Br)cc2C(=O)N1NC(=O)C(C)Oc1ccc(C)cc1. The first kappa shape index (κ1) is 19.2. The maximum atomic E-state index is 12.9. The Balaban J connectivity index is 1.73. The highest BCUT2D eigenvalue weighted by atomic mass is 79.9. The van der Waals surface area contributed by atoms with E-state index in [0.717, 1.165) is 15.7 Å². The molecule has 3 rings (SSSR count). The first-order valence-corrected chi connectivity index (χ1v) is 9.61. The molecule has 7 heteroatoms. The summed E-state index contributed by atoms with van der Waals surface area (Å²) in [5, 5.41) is 4.62. The van der Waals surface area contributed by atoms with Crippen molar-refractivity contribution in [2.45, 2.75) is 39.5 Å². The van der Waals surface area contributed by atoms with E-state index >= 15 is 0 Å². The monoisotopic (exact) mass is 431 g/mol. The summed E-state index contributed by atoms with van der Waals surface area (Å²) in [4.78, 5) is 25.5. The van der Waals surface area contributed by atoms with Gasteiger partial charge in [0.2, 0.25) is 0 Å². The average molecular weight is 432 g/mol. The minimum atomic E-state index is -0.748. The number of hydrazine groups is 1. The van der Waals surface area contributed by atoms with Gasteiger partial charge in [0.15, 0.2) is 6.10 Å². The van der Waals surface area contributed by atoms with Crippen molar-refractivity contribution in [3.8, 4) is 5.75 Å². The Kier molecular flexibility index (Phi) is 5.70. The summed E-state index contributed by atoms with van der Waals surface area (Å²) >= 11 is 3.38. The molecule has 2 aromatic rings. The van der Waals surface area contributed by atoms with Crippen LogP contribution in [0.25, 0.3) is 0 Å². The van der Waals surface area contributed by atoms with E-state index in [1.54, 1.807) is 13.0 Å². The van der Waals surface area contributed by atoms with Gasteiger partial charge in [0.05, 0.1) is 5.56 Å². The van der Waals surface area contributed by atoms with E-state index in [4.69, 9.17) is 4.74 Å². The van der Waals surface area contributed by atoms with Gasteiger partial charge in [0, 0.05) is 10.2 Å². The van der Waals surface area contributed by atoms with Gasteiger partial charge in [-0.15, -0.1) is 0 Å². The second-order valence-electron chi connectivity index (χ2n) is 6.48. The summed E-state index contributed by atoms with van der Waals surface area (Å²) in [7, 11) is 0. The number of ether oxygens (including phenoxy) is 1. The van der Waals surface area contributed by atoms with Crippen molar-refractivity contribution in [3.05, 3.63) is 58.1 Å². The maximum absolute atomic E-state index is 12.9. The van der Waals surface area contributed by atoms with E-state index in [9.17, 15) is 9.59 Å². The van der Waals surface area contributed by atoms with Crippen LogP contribution in [0.15, 0.2) is 46.9 Å². The molecule has 2 atom stereocenters. The molecule has 0 saturated heterocycles.